The van der Waals surface area contributed by atoms with Gasteiger partial charge >= 0.3 is 6.36 Å². The predicted octanol–water partition coefficient (Wildman–Crippen LogP) is 5.29. The van der Waals surface area contributed by atoms with Crippen molar-refractivity contribution in [2.45, 2.75) is 30.7 Å². The molecule has 1 fully saturated rings. The largest absolute Gasteiger partial charge is 0.573 e. The molecule has 1 heterocycles. The van der Waals surface area contributed by atoms with Crippen molar-refractivity contribution in [3.8, 4) is 11.5 Å². The quantitative estimate of drug-likeness (QED) is 0.500. The van der Waals surface area contributed by atoms with E-state index in [9.17, 15) is 17.6 Å². The van der Waals surface area contributed by atoms with Crippen LogP contribution in [0.5, 0.6) is 11.5 Å². The lowest BCUT2D eigenvalue weighted by atomic mass is 10.0. The maximum Gasteiger partial charge on any atom is 0.573 e. The van der Waals surface area contributed by atoms with Gasteiger partial charge in [0.1, 0.15) is 17.3 Å². The number of methoxy groups -OCH3 is 1. The van der Waals surface area contributed by atoms with Crippen molar-refractivity contribution in [1.82, 2.24) is 4.90 Å². The molecule has 0 bridgehead atoms. The fourth-order valence-electron chi connectivity index (χ4n) is 3.42. The lowest BCUT2D eigenvalue weighted by Crippen LogP contribution is -2.25. The second-order valence-corrected chi connectivity index (χ2v) is 6.95. The number of ether oxygens (including phenoxy) is 2. The van der Waals surface area contributed by atoms with Gasteiger partial charge in [0.05, 0.1) is 7.11 Å². The molecule has 2 atom stereocenters. The van der Waals surface area contributed by atoms with E-state index in [0.717, 1.165) is 0 Å². The van der Waals surface area contributed by atoms with Gasteiger partial charge in [0.2, 0.25) is 0 Å². The molecule has 146 valence electrons. The second kappa shape index (κ2) is 7.94. The van der Waals surface area contributed by atoms with Crippen molar-refractivity contribution in [2.75, 3.05) is 13.7 Å². The molecule has 1 aliphatic rings. The van der Waals surface area contributed by atoms with E-state index in [1.807, 2.05) is 4.90 Å². The van der Waals surface area contributed by atoms with Gasteiger partial charge < -0.3 is 9.47 Å². The minimum Gasteiger partial charge on any atom is -0.496 e. The average Bonchev–Trinajstić information content (AvgIpc) is 2.93. The highest BCUT2D eigenvalue weighted by atomic mass is 35.5. The summed E-state index contributed by atoms with van der Waals surface area (Å²) in [6.07, 6.45) is -4.24. The van der Waals surface area contributed by atoms with Crippen LogP contribution >= 0.6 is 11.6 Å². The number of hydrogen-bond acceptors (Lipinski definition) is 3. The van der Waals surface area contributed by atoms with Gasteiger partial charge in [-0.05, 0) is 36.2 Å². The van der Waals surface area contributed by atoms with E-state index >= 15 is 0 Å². The fraction of sp³-hybridized carbons (Fsp3) is 0.368. The molecule has 3 rings (SSSR count). The molecule has 27 heavy (non-hydrogen) atoms. The first-order chi connectivity index (χ1) is 12.8. The summed E-state index contributed by atoms with van der Waals surface area (Å²) in [5.41, 5.74) is 1.02. The number of halogens is 5. The van der Waals surface area contributed by atoms with E-state index in [2.05, 4.69) is 4.74 Å². The molecule has 1 saturated heterocycles. The lowest BCUT2D eigenvalue weighted by Gasteiger charge is -2.26. The van der Waals surface area contributed by atoms with Gasteiger partial charge in [-0.2, -0.15) is 0 Å². The van der Waals surface area contributed by atoms with Crippen LogP contribution in [-0.4, -0.2) is 30.3 Å². The van der Waals surface area contributed by atoms with Crippen molar-refractivity contribution in [3.63, 3.8) is 0 Å². The third-order valence-corrected chi connectivity index (χ3v) is 4.75. The number of benzene rings is 2. The Balaban J connectivity index is 1.85. The summed E-state index contributed by atoms with van der Waals surface area (Å²) in [7, 11) is 1.47. The van der Waals surface area contributed by atoms with Gasteiger partial charge in [0.15, 0.2) is 0 Å². The number of rotatable bonds is 5. The van der Waals surface area contributed by atoms with Crippen molar-refractivity contribution >= 4 is 11.6 Å². The van der Waals surface area contributed by atoms with E-state index in [0.29, 0.717) is 36.4 Å². The Labute approximate surface area is 159 Å². The van der Waals surface area contributed by atoms with Gasteiger partial charge in [0, 0.05) is 30.1 Å². The van der Waals surface area contributed by atoms with Gasteiger partial charge in [-0.1, -0.05) is 18.2 Å². The molecule has 0 radical (unpaired) electrons. The Hall–Kier alpha value is -1.99. The van der Waals surface area contributed by atoms with Crippen molar-refractivity contribution in [3.05, 3.63) is 59.4 Å². The molecular weight excluding hydrogens is 386 g/mol. The van der Waals surface area contributed by atoms with Crippen LogP contribution < -0.4 is 9.47 Å². The first-order valence-corrected chi connectivity index (χ1v) is 8.75. The molecule has 3 nitrogen and oxygen atoms in total. The summed E-state index contributed by atoms with van der Waals surface area (Å²) >= 11 is 6.31. The third kappa shape index (κ3) is 4.84. The molecule has 0 aliphatic carbocycles. The molecule has 0 saturated carbocycles. The normalized spacial score (nSPS) is 20.7. The zero-order valence-electron chi connectivity index (χ0n) is 14.5. The van der Waals surface area contributed by atoms with Crippen molar-refractivity contribution in [1.29, 1.82) is 0 Å². The minimum absolute atomic E-state index is 0.200. The highest BCUT2D eigenvalue weighted by Gasteiger charge is 2.36. The Morgan fingerprint density at radius 3 is 2.63 bits per heavy atom. The van der Waals surface area contributed by atoms with E-state index < -0.39 is 12.2 Å². The molecule has 2 aromatic carbocycles. The summed E-state index contributed by atoms with van der Waals surface area (Å²) in [5, 5.41) is -0.200. The lowest BCUT2D eigenvalue weighted by molar-refractivity contribution is -0.274. The first kappa shape index (κ1) is 19.8. The third-order valence-electron chi connectivity index (χ3n) is 4.44. The summed E-state index contributed by atoms with van der Waals surface area (Å²) in [6.45, 7) is 0.786. The number of hydrogen-bond donors (Lipinski definition) is 0. The Bertz CT molecular complexity index is 800. The monoisotopic (exact) mass is 403 g/mol. The van der Waals surface area contributed by atoms with Gasteiger partial charge in [-0.3, -0.25) is 4.90 Å². The smallest absolute Gasteiger partial charge is 0.496 e. The van der Waals surface area contributed by atoms with Crippen LogP contribution in [0.3, 0.4) is 0 Å². The zero-order valence-corrected chi connectivity index (χ0v) is 15.2. The maximum atomic E-state index is 14.5. The summed E-state index contributed by atoms with van der Waals surface area (Å²) in [6, 6.07) is 10.0. The standard InChI is InChI=1S/C19H18ClF4NO2/c1-26-17-7-3-6-15(21)18(17)16-9-13(20)11-25(16)10-12-4-2-5-14(8-12)27-19(22,23)24/h2-8,13,16H,9-11H2,1H3/t13-,16-/m0/s1. The molecule has 2 aromatic rings. The van der Waals surface area contributed by atoms with Crippen LogP contribution in [0.25, 0.3) is 0 Å². The van der Waals surface area contributed by atoms with Crippen molar-refractivity contribution in [2.24, 2.45) is 0 Å². The van der Waals surface area contributed by atoms with E-state index in [-0.39, 0.29) is 17.2 Å². The van der Waals surface area contributed by atoms with Gasteiger partial charge in [-0.15, -0.1) is 24.8 Å². The summed E-state index contributed by atoms with van der Waals surface area (Å²) < 4.78 is 61.0. The van der Waals surface area contributed by atoms with E-state index in [1.54, 1.807) is 18.2 Å². The van der Waals surface area contributed by atoms with Crippen LogP contribution in [0.15, 0.2) is 42.5 Å². The molecule has 0 aromatic heterocycles. The van der Waals surface area contributed by atoms with Gasteiger partial charge in [0.25, 0.3) is 0 Å². The molecule has 8 heteroatoms. The molecule has 1 aliphatic heterocycles. The van der Waals surface area contributed by atoms with E-state index in [4.69, 9.17) is 16.3 Å². The van der Waals surface area contributed by atoms with Crippen LogP contribution in [0, 0.1) is 5.82 Å². The minimum atomic E-state index is -4.75. The Morgan fingerprint density at radius 1 is 1.19 bits per heavy atom. The highest BCUT2D eigenvalue weighted by Crippen LogP contribution is 2.41. The van der Waals surface area contributed by atoms with E-state index in [1.165, 1.54) is 31.4 Å². The molecule has 0 amide bonds. The van der Waals surface area contributed by atoms with Crippen LogP contribution in [0.2, 0.25) is 0 Å². The maximum absolute atomic E-state index is 14.5. The molecule has 0 N–H and O–H groups in total. The predicted molar refractivity (Wildman–Crippen MR) is 93.5 cm³/mol. The zero-order chi connectivity index (χ0) is 19.6. The Kier molecular flexibility index (Phi) is 5.81. The SMILES string of the molecule is COc1cccc(F)c1[C@@H]1C[C@H](Cl)CN1Cc1cccc(OC(F)(F)F)c1. The number of nitrogens with zero attached hydrogens (tertiary/aromatic N) is 1. The van der Waals surface area contributed by atoms with Crippen LogP contribution in [0.4, 0.5) is 17.6 Å². The average molecular weight is 404 g/mol. The van der Waals surface area contributed by atoms with Crippen LogP contribution in [0.1, 0.15) is 23.6 Å². The molecule has 0 unspecified atom stereocenters. The topological polar surface area (TPSA) is 21.7 Å². The number of alkyl halides is 4. The summed E-state index contributed by atoms with van der Waals surface area (Å²) in [5.74, 6) is -0.268. The van der Waals surface area contributed by atoms with Gasteiger partial charge in [-0.25, -0.2) is 4.39 Å². The van der Waals surface area contributed by atoms with Crippen molar-refractivity contribution < 1.29 is 27.0 Å². The fourth-order valence-corrected chi connectivity index (χ4v) is 3.76. The number of likely N-dealkylation sites (tertiary alicyclic amines) is 1. The highest BCUT2D eigenvalue weighted by molar-refractivity contribution is 6.21. The first-order valence-electron chi connectivity index (χ1n) is 8.32. The molecule has 0 spiro atoms. The Morgan fingerprint density at radius 2 is 1.93 bits per heavy atom. The van der Waals surface area contributed by atoms with Crippen LogP contribution in [-0.2, 0) is 6.54 Å². The molecular formula is C19H18ClF4NO2. The second-order valence-electron chi connectivity index (χ2n) is 6.33. The summed E-state index contributed by atoms with van der Waals surface area (Å²) in [4.78, 5) is 1.94.